The molecule has 0 aliphatic carbocycles. The zero-order valence-corrected chi connectivity index (χ0v) is 13.8. The summed E-state index contributed by atoms with van der Waals surface area (Å²) in [6.45, 7) is 8.40. The number of likely N-dealkylation sites (N-methyl/N-ethyl adjacent to an activating group) is 1. The maximum Gasteiger partial charge on any atom is 0.243 e. The Labute approximate surface area is 121 Å². The molecule has 0 bridgehead atoms. The number of aliphatic hydroxyl groups excluding tert-OH is 1. The number of nitrogens with zero attached hydrogens (tertiary/aromatic N) is 1. The van der Waals surface area contributed by atoms with Gasteiger partial charge in [-0.3, -0.25) is 0 Å². The van der Waals surface area contributed by atoms with E-state index in [1.807, 2.05) is 6.92 Å². The maximum absolute atomic E-state index is 12.8. The fourth-order valence-corrected chi connectivity index (χ4v) is 4.02. The summed E-state index contributed by atoms with van der Waals surface area (Å²) < 4.78 is 26.9. The molecule has 1 aromatic carbocycles. The number of nitrogen functional groups attached to an aromatic ring is 1. The molecular formula is C14H24N2O3S. The number of nitrogens with two attached hydrogens (primary N) is 1. The van der Waals surface area contributed by atoms with Crippen LogP contribution in [0.3, 0.4) is 0 Å². The number of benzene rings is 1. The van der Waals surface area contributed by atoms with Crippen LogP contribution in [0, 0.1) is 20.8 Å². The Kier molecular flexibility index (Phi) is 4.53. The first-order valence-electron chi connectivity index (χ1n) is 6.43. The van der Waals surface area contributed by atoms with Crippen LogP contribution in [0.4, 0.5) is 5.69 Å². The third-order valence-electron chi connectivity index (χ3n) is 3.94. The second-order valence-electron chi connectivity index (χ2n) is 5.80. The molecule has 114 valence electrons. The van der Waals surface area contributed by atoms with Crippen molar-refractivity contribution < 1.29 is 13.5 Å². The molecule has 0 saturated carbocycles. The van der Waals surface area contributed by atoms with Crippen LogP contribution in [0.1, 0.15) is 30.5 Å². The van der Waals surface area contributed by atoms with E-state index < -0.39 is 15.6 Å². The number of rotatable bonds is 4. The lowest BCUT2D eigenvalue weighted by Crippen LogP contribution is -2.47. The zero-order chi connectivity index (χ0) is 15.9. The summed E-state index contributed by atoms with van der Waals surface area (Å²) in [7, 11) is -2.25. The molecule has 0 radical (unpaired) electrons. The molecule has 1 aromatic rings. The minimum atomic E-state index is -3.72. The van der Waals surface area contributed by atoms with Gasteiger partial charge in [0.25, 0.3) is 0 Å². The molecule has 0 heterocycles. The van der Waals surface area contributed by atoms with Crippen molar-refractivity contribution in [3.05, 3.63) is 22.8 Å². The van der Waals surface area contributed by atoms with E-state index in [1.165, 1.54) is 11.4 Å². The standard InChI is InChI=1S/C14H24N2O3S/c1-9-7-12(15)11(3)13(10(9)2)20(18,19)16(6)14(4,5)8-17/h7,17H,8,15H2,1-6H3. The largest absolute Gasteiger partial charge is 0.398 e. The maximum atomic E-state index is 12.8. The molecule has 5 nitrogen and oxygen atoms in total. The lowest BCUT2D eigenvalue weighted by atomic mass is 10.1. The summed E-state index contributed by atoms with van der Waals surface area (Å²) in [6, 6.07) is 1.78. The van der Waals surface area contributed by atoms with Gasteiger partial charge in [-0.25, -0.2) is 8.42 Å². The van der Waals surface area contributed by atoms with Gasteiger partial charge in [-0.15, -0.1) is 0 Å². The van der Waals surface area contributed by atoms with Gasteiger partial charge in [0.2, 0.25) is 10.0 Å². The van der Waals surface area contributed by atoms with Crippen LogP contribution in [0.25, 0.3) is 0 Å². The van der Waals surface area contributed by atoms with Crippen LogP contribution < -0.4 is 5.73 Å². The smallest absolute Gasteiger partial charge is 0.243 e. The molecule has 0 fully saturated rings. The molecule has 0 atom stereocenters. The second kappa shape index (κ2) is 5.35. The Hall–Kier alpha value is -1.11. The van der Waals surface area contributed by atoms with Gasteiger partial charge in [-0.1, -0.05) is 0 Å². The summed E-state index contributed by atoms with van der Waals surface area (Å²) in [4.78, 5) is 0.235. The summed E-state index contributed by atoms with van der Waals surface area (Å²) >= 11 is 0. The number of aryl methyl sites for hydroxylation is 1. The van der Waals surface area contributed by atoms with E-state index in [1.54, 1.807) is 33.8 Å². The van der Waals surface area contributed by atoms with E-state index >= 15 is 0 Å². The highest BCUT2D eigenvalue weighted by Crippen LogP contribution is 2.32. The monoisotopic (exact) mass is 300 g/mol. The molecule has 1 rings (SSSR count). The molecule has 3 N–H and O–H groups in total. The summed E-state index contributed by atoms with van der Waals surface area (Å²) in [5.41, 5.74) is 7.55. The van der Waals surface area contributed by atoms with Gasteiger partial charge in [0.15, 0.2) is 0 Å². The normalized spacial score (nSPS) is 13.0. The quantitative estimate of drug-likeness (QED) is 0.827. The highest BCUT2D eigenvalue weighted by molar-refractivity contribution is 7.89. The Morgan fingerprint density at radius 3 is 2.20 bits per heavy atom. The van der Waals surface area contributed by atoms with E-state index in [0.29, 0.717) is 16.8 Å². The predicted molar refractivity (Wildman–Crippen MR) is 81.2 cm³/mol. The van der Waals surface area contributed by atoms with Crippen molar-refractivity contribution in [3.63, 3.8) is 0 Å². The van der Waals surface area contributed by atoms with Crippen molar-refractivity contribution >= 4 is 15.7 Å². The van der Waals surface area contributed by atoms with Gasteiger partial charge in [-0.2, -0.15) is 4.31 Å². The SMILES string of the molecule is Cc1cc(N)c(C)c(S(=O)(=O)N(C)C(C)(C)CO)c1C. The number of anilines is 1. The molecule has 0 aromatic heterocycles. The average Bonchev–Trinajstić information content (AvgIpc) is 2.35. The Balaban J connectivity index is 3.60. The summed E-state index contributed by atoms with van der Waals surface area (Å²) in [5, 5.41) is 9.39. The molecule has 0 saturated heterocycles. The summed E-state index contributed by atoms with van der Waals surface area (Å²) in [5.74, 6) is 0. The minimum absolute atomic E-state index is 0.235. The van der Waals surface area contributed by atoms with E-state index in [9.17, 15) is 13.5 Å². The fraction of sp³-hybridized carbons (Fsp3) is 0.571. The van der Waals surface area contributed by atoms with Crippen molar-refractivity contribution in [2.45, 2.75) is 45.1 Å². The number of sulfonamides is 1. The van der Waals surface area contributed by atoms with Gasteiger partial charge in [0, 0.05) is 12.7 Å². The van der Waals surface area contributed by atoms with Crippen LogP contribution in [0.15, 0.2) is 11.0 Å². The van der Waals surface area contributed by atoms with Gasteiger partial charge >= 0.3 is 0 Å². The van der Waals surface area contributed by atoms with Crippen molar-refractivity contribution in [1.29, 1.82) is 0 Å². The Morgan fingerprint density at radius 1 is 1.25 bits per heavy atom. The van der Waals surface area contributed by atoms with Crippen LogP contribution in [-0.2, 0) is 10.0 Å². The number of hydrogen-bond acceptors (Lipinski definition) is 4. The first kappa shape index (κ1) is 16.9. The second-order valence-corrected chi connectivity index (χ2v) is 7.71. The van der Waals surface area contributed by atoms with E-state index in [0.717, 1.165) is 5.56 Å². The van der Waals surface area contributed by atoms with Crippen molar-refractivity contribution in [1.82, 2.24) is 4.31 Å². The van der Waals surface area contributed by atoms with Crippen LogP contribution in [-0.4, -0.2) is 37.0 Å². The molecular weight excluding hydrogens is 276 g/mol. The Bertz CT molecular complexity index is 596. The highest BCUT2D eigenvalue weighted by atomic mass is 32.2. The first-order chi connectivity index (χ1) is 8.96. The van der Waals surface area contributed by atoms with Crippen LogP contribution in [0.5, 0.6) is 0 Å². The van der Waals surface area contributed by atoms with E-state index in [-0.39, 0.29) is 11.5 Å². The topological polar surface area (TPSA) is 83.6 Å². The van der Waals surface area contributed by atoms with Crippen molar-refractivity contribution in [2.24, 2.45) is 0 Å². The van der Waals surface area contributed by atoms with Gasteiger partial charge in [0.05, 0.1) is 17.0 Å². The van der Waals surface area contributed by atoms with Gasteiger partial charge in [0.1, 0.15) is 0 Å². The van der Waals surface area contributed by atoms with Crippen LogP contribution in [0.2, 0.25) is 0 Å². The molecule has 0 spiro atoms. The highest BCUT2D eigenvalue weighted by Gasteiger charge is 2.35. The van der Waals surface area contributed by atoms with E-state index in [4.69, 9.17) is 5.73 Å². The number of hydrogen-bond donors (Lipinski definition) is 2. The zero-order valence-electron chi connectivity index (χ0n) is 13.0. The third kappa shape index (κ3) is 2.68. The molecule has 0 unspecified atom stereocenters. The lowest BCUT2D eigenvalue weighted by molar-refractivity contribution is 0.138. The third-order valence-corrected chi connectivity index (χ3v) is 6.28. The average molecular weight is 300 g/mol. The fourth-order valence-electron chi connectivity index (χ4n) is 1.99. The van der Waals surface area contributed by atoms with E-state index in [2.05, 4.69) is 0 Å². The van der Waals surface area contributed by atoms with Gasteiger partial charge < -0.3 is 10.8 Å². The molecule has 0 aliphatic heterocycles. The Morgan fingerprint density at radius 2 is 1.75 bits per heavy atom. The van der Waals surface area contributed by atoms with Crippen molar-refractivity contribution in [2.75, 3.05) is 19.4 Å². The molecule has 20 heavy (non-hydrogen) atoms. The first-order valence-corrected chi connectivity index (χ1v) is 7.87. The van der Waals surface area contributed by atoms with Crippen LogP contribution >= 0.6 is 0 Å². The number of aliphatic hydroxyl groups is 1. The van der Waals surface area contributed by atoms with Crippen molar-refractivity contribution in [3.8, 4) is 0 Å². The minimum Gasteiger partial charge on any atom is -0.398 e. The molecule has 6 heteroatoms. The molecule has 0 aliphatic rings. The molecule has 0 amide bonds. The van der Waals surface area contributed by atoms with Gasteiger partial charge in [-0.05, 0) is 57.4 Å². The predicted octanol–water partition coefficient (Wildman–Crippen LogP) is 1.59. The lowest BCUT2D eigenvalue weighted by Gasteiger charge is -2.34. The summed E-state index contributed by atoms with van der Waals surface area (Å²) in [6.07, 6.45) is 0.